The van der Waals surface area contributed by atoms with Crippen molar-refractivity contribution in [2.75, 3.05) is 20.2 Å². The van der Waals surface area contributed by atoms with E-state index in [0.717, 1.165) is 42.7 Å². The molecule has 1 fully saturated rings. The predicted octanol–water partition coefficient (Wildman–Crippen LogP) is 2.79. The van der Waals surface area contributed by atoms with Crippen molar-refractivity contribution in [3.05, 3.63) is 54.0 Å². The van der Waals surface area contributed by atoms with E-state index in [1.165, 1.54) is 12.8 Å². The molecule has 0 atom stereocenters. The minimum atomic E-state index is 0. The summed E-state index contributed by atoms with van der Waals surface area (Å²) in [6.45, 7) is 2.23. The van der Waals surface area contributed by atoms with Gasteiger partial charge in [0.15, 0.2) is 5.96 Å². The maximum Gasteiger partial charge on any atom is 0.213 e. The molecule has 2 aromatic heterocycles. The van der Waals surface area contributed by atoms with Crippen LogP contribution in [0.2, 0.25) is 0 Å². The van der Waals surface area contributed by atoms with Crippen molar-refractivity contribution in [3.8, 4) is 5.88 Å². The van der Waals surface area contributed by atoms with Crippen molar-refractivity contribution in [1.29, 1.82) is 0 Å². The molecular formula is C19H26IN5O. The molecule has 26 heavy (non-hydrogen) atoms. The van der Waals surface area contributed by atoms with Crippen LogP contribution < -0.4 is 15.4 Å². The van der Waals surface area contributed by atoms with Gasteiger partial charge in [-0.1, -0.05) is 6.07 Å². The largest absolute Gasteiger partial charge is 0.477 e. The van der Waals surface area contributed by atoms with Gasteiger partial charge in [-0.05, 0) is 42.5 Å². The summed E-state index contributed by atoms with van der Waals surface area (Å²) in [4.78, 5) is 12.8. The molecule has 0 aromatic carbocycles. The van der Waals surface area contributed by atoms with E-state index in [4.69, 9.17) is 4.74 Å². The van der Waals surface area contributed by atoms with Gasteiger partial charge < -0.3 is 15.4 Å². The Kier molecular flexibility index (Phi) is 8.60. The van der Waals surface area contributed by atoms with Crippen LogP contribution in [0, 0.1) is 5.92 Å². The highest BCUT2D eigenvalue weighted by Crippen LogP contribution is 2.29. The number of aliphatic imine (C=N–C) groups is 1. The Balaban J connectivity index is 0.00000243. The van der Waals surface area contributed by atoms with Crippen LogP contribution in [-0.2, 0) is 13.0 Å². The average Bonchev–Trinajstić information content (AvgIpc) is 3.48. The highest BCUT2D eigenvalue weighted by atomic mass is 127. The number of nitrogens with one attached hydrogen (secondary N) is 2. The Morgan fingerprint density at radius 3 is 2.81 bits per heavy atom. The first-order chi connectivity index (χ1) is 12.3. The summed E-state index contributed by atoms with van der Waals surface area (Å²) in [5.74, 6) is 2.20. The van der Waals surface area contributed by atoms with Gasteiger partial charge in [0.25, 0.3) is 0 Å². The summed E-state index contributed by atoms with van der Waals surface area (Å²) in [6.07, 6.45) is 7.02. The summed E-state index contributed by atoms with van der Waals surface area (Å²) >= 11 is 0. The number of rotatable bonds is 8. The lowest BCUT2D eigenvalue weighted by Gasteiger charge is -2.12. The van der Waals surface area contributed by atoms with Gasteiger partial charge in [0.1, 0.15) is 0 Å². The van der Waals surface area contributed by atoms with Gasteiger partial charge in [0.05, 0.1) is 6.61 Å². The van der Waals surface area contributed by atoms with Crippen molar-refractivity contribution in [2.24, 2.45) is 10.9 Å². The van der Waals surface area contributed by atoms with Gasteiger partial charge in [0, 0.05) is 50.7 Å². The second-order valence-electron chi connectivity index (χ2n) is 6.18. The van der Waals surface area contributed by atoms with Crippen molar-refractivity contribution in [3.63, 3.8) is 0 Å². The molecule has 1 saturated carbocycles. The van der Waals surface area contributed by atoms with Gasteiger partial charge in [-0.3, -0.25) is 9.98 Å². The number of ether oxygens (including phenoxy) is 1. The maximum absolute atomic E-state index is 5.73. The SMILES string of the molecule is CN=C(NCCc1ccccn1)NCc1ccnc(OCC2CC2)c1.I. The lowest BCUT2D eigenvalue weighted by molar-refractivity contribution is 0.288. The van der Waals surface area contributed by atoms with E-state index >= 15 is 0 Å². The molecule has 2 aromatic rings. The van der Waals surface area contributed by atoms with Gasteiger partial charge in [-0.25, -0.2) is 4.98 Å². The highest BCUT2D eigenvalue weighted by molar-refractivity contribution is 14.0. The van der Waals surface area contributed by atoms with Crippen molar-refractivity contribution < 1.29 is 4.74 Å². The molecule has 6 nitrogen and oxygen atoms in total. The van der Waals surface area contributed by atoms with Crippen LogP contribution >= 0.6 is 24.0 Å². The fraction of sp³-hybridized carbons (Fsp3) is 0.421. The van der Waals surface area contributed by atoms with Crippen molar-refractivity contribution in [2.45, 2.75) is 25.8 Å². The van der Waals surface area contributed by atoms with Gasteiger partial charge in [-0.2, -0.15) is 0 Å². The first-order valence-electron chi connectivity index (χ1n) is 8.75. The molecule has 3 rings (SSSR count). The molecule has 7 heteroatoms. The molecule has 0 bridgehead atoms. The Labute approximate surface area is 171 Å². The Bertz CT molecular complexity index is 691. The van der Waals surface area contributed by atoms with E-state index < -0.39 is 0 Å². The predicted molar refractivity (Wildman–Crippen MR) is 114 cm³/mol. The molecule has 0 aliphatic heterocycles. The summed E-state index contributed by atoms with van der Waals surface area (Å²) in [5, 5.41) is 6.61. The minimum absolute atomic E-state index is 0. The van der Waals surface area contributed by atoms with Crippen LogP contribution in [0.5, 0.6) is 5.88 Å². The molecular weight excluding hydrogens is 441 g/mol. The fourth-order valence-electron chi connectivity index (χ4n) is 2.39. The molecule has 140 valence electrons. The van der Waals surface area contributed by atoms with E-state index in [1.54, 1.807) is 13.2 Å². The van der Waals surface area contributed by atoms with Crippen LogP contribution in [0.15, 0.2) is 47.7 Å². The first kappa shape index (κ1) is 20.4. The maximum atomic E-state index is 5.73. The second kappa shape index (κ2) is 10.9. The summed E-state index contributed by atoms with van der Waals surface area (Å²) in [7, 11) is 1.77. The third-order valence-corrected chi connectivity index (χ3v) is 4.05. The monoisotopic (exact) mass is 467 g/mol. The van der Waals surface area contributed by atoms with Gasteiger partial charge in [0.2, 0.25) is 5.88 Å². The summed E-state index contributed by atoms with van der Waals surface area (Å²) in [6, 6.07) is 9.92. The number of pyridine rings is 2. The molecule has 0 spiro atoms. The van der Waals surface area contributed by atoms with E-state index in [-0.39, 0.29) is 24.0 Å². The lowest BCUT2D eigenvalue weighted by Crippen LogP contribution is -2.37. The number of aromatic nitrogens is 2. The number of hydrogen-bond donors (Lipinski definition) is 2. The first-order valence-corrected chi connectivity index (χ1v) is 8.75. The molecule has 0 amide bonds. The zero-order valence-electron chi connectivity index (χ0n) is 15.0. The number of nitrogens with zero attached hydrogens (tertiary/aromatic N) is 3. The summed E-state index contributed by atoms with van der Waals surface area (Å²) in [5.41, 5.74) is 2.19. The second-order valence-corrected chi connectivity index (χ2v) is 6.18. The van der Waals surface area contributed by atoms with Crippen LogP contribution in [0.3, 0.4) is 0 Å². The van der Waals surface area contributed by atoms with Crippen molar-refractivity contribution >= 4 is 29.9 Å². The lowest BCUT2D eigenvalue weighted by atomic mass is 10.2. The molecule has 0 saturated heterocycles. The van der Waals surface area contributed by atoms with Crippen LogP contribution in [-0.4, -0.2) is 36.1 Å². The summed E-state index contributed by atoms with van der Waals surface area (Å²) < 4.78 is 5.73. The van der Waals surface area contributed by atoms with Crippen LogP contribution in [0.25, 0.3) is 0 Å². The molecule has 2 N–H and O–H groups in total. The Morgan fingerprint density at radius 2 is 2.08 bits per heavy atom. The molecule has 0 unspecified atom stereocenters. The zero-order valence-corrected chi connectivity index (χ0v) is 17.3. The third kappa shape index (κ3) is 7.15. The van der Waals surface area contributed by atoms with Gasteiger partial charge >= 0.3 is 0 Å². The number of hydrogen-bond acceptors (Lipinski definition) is 4. The molecule has 1 aliphatic rings. The van der Waals surface area contributed by atoms with Crippen molar-refractivity contribution in [1.82, 2.24) is 20.6 Å². The molecule has 1 aliphatic carbocycles. The van der Waals surface area contributed by atoms with E-state index in [1.807, 2.05) is 36.5 Å². The highest BCUT2D eigenvalue weighted by Gasteiger charge is 2.22. The molecule has 0 radical (unpaired) electrons. The van der Waals surface area contributed by atoms with Crippen LogP contribution in [0.4, 0.5) is 0 Å². The Hall–Kier alpha value is -1.90. The number of halogens is 1. The van der Waals surface area contributed by atoms with E-state index in [9.17, 15) is 0 Å². The average molecular weight is 467 g/mol. The van der Waals surface area contributed by atoms with Gasteiger partial charge in [-0.15, -0.1) is 24.0 Å². The normalized spacial score (nSPS) is 13.7. The fourth-order valence-corrected chi connectivity index (χ4v) is 2.39. The standard InChI is InChI=1S/C19H25N5O.HI/c1-20-19(23-11-8-17-4-2-3-9-21-17)24-13-16-7-10-22-18(12-16)25-14-15-5-6-15;/h2-4,7,9-10,12,15H,5-6,8,11,13-14H2,1H3,(H2,20,23,24);1H. The smallest absolute Gasteiger partial charge is 0.213 e. The topological polar surface area (TPSA) is 71.4 Å². The van der Waals surface area contributed by atoms with Crippen LogP contribution in [0.1, 0.15) is 24.1 Å². The minimum Gasteiger partial charge on any atom is -0.477 e. The van der Waals surface area contributed by atoms with E-state index in [0.29, 0.717) is 12.4 Å². The number of guanidine groups is 1. The van der Waals surface area contributed by atoms with E-state index in [2.05, 4.69) is 25.6 Å². The molecule has 2 heterocycles. The third-order valence-electron chi connectivity index (χ3n) is 4.05. The zero-order chi connectivity index (χ0) is 17.3. The Morgan fingerprint density at radius 1 is 1.19 bits per heavy atom. The quantitative estimate of drug-likeness (QED) is 0.355.